The predicted octanol–water partition coefficient (Wildman–Crippen LogP) is 17.2. The van der Waals surface area contributed by atoms with Crippen LogP contribution in [0.1, 0.15) is 271 Å². The second-order valence-electron chi connectivity index (χ2n) is 17.2. The number of allylic oxidation sites excluding steroid dienone is 6. The number of carbonyl (C=O) groups excluding carboxylic acids is 1. The molecule has 0 fully saturated rings. The van der Waals surface area contributed by atoms with E-state index >= 15 is 0 Å². The van der Waals surface area contributed by atoms with Gasteiger partial charge in [0.05, 0.1) is 13.2 Å². The Balaban J connectivity index is 3.40. The quantitative estimate of drug-likeness (QED) is 0.0378. The average Bonchev–Trinajstić information content (AvgIpc) is 3.22. The first-order chi connectivity index (χ1) is 28.2. The minimum atomic E-state index is -0.535. The molecule has 0 saturated heterocycles. The average molecular weight is 801 g/mol. The van der Waals surface area contributed by atoms with E-state index < -0.39 is 6.10 Å². The molecule has 336 valence electrons. The molecule has 1 N–H and O–H groups in total. The van der Waals surface area contributed by atoms with Gasteiger partial charge >= 0.3 is 5.97 Å². The van der Waals surface area contributed by atoms with Gasteiger partial charge in [-0.1, -0.05) is 249 Å². The van der Waals surface area contributed by atoms with Crippen molar-refractivity contribution in [2.24, 2.45) is 0 Å². The highest BCUT2D eigenvalue weighted by Gasteiger charge is 2.13. The fourth-order valence-corrected chi connectivity index (χ4v) is 7.63. The molecule has 0 aromatic heterocycles. The van der Waals surface area contributed by atoms with Crippen molar-refractivity contribution in [1.29, 1.82) is 0 Å². The van der Waals surface area contributed by atoms with Crippen molar-refractivity contribution in [3.05, 3.63) is 36.5 Å². The van der Waals surface area contributed by atoms with Crippen LogP contribution in [0.3, 0.4) is 0 Å². The Morgan fingerprint density at radius 3 is 1.11 bits per heavy atom. The van der Waals surface area contributed by atoms with Gasteiger partial charge in [0.15, 0.2) is 0 Å². The zero-order valence-corrected chi connectivity index (χ0v) is 38.6. The van der Waals surface area contributed by atoms with E-state index in [0.717, 1.165) is 32.1 Å². The molecule has 0 aliphatic heterocycles. The van der Waals surface area contributed by atoms with Gasteiger partial charge in [0, 0.05) is 13.0 Å². The summed E-state index contributed by atoms with van der Waals surface area (Å²) in [6, 6.07) is 0. The Kier molecular flexibility index (Phi) is 49.5. The van der Waals surface area contributed by atoms with E-state index in [1.54, 1.807) is 0 Å². The Labute approximate surface area is 357 Å². The molecule has 1 atom stereocenters. The van der Waals surface area contributed by atoms with Crippen LogP contribution < -0.4 is 0 Å². The van der Waals surface area contributed by atoms with Crippen LogP contribution in [0.5, 0.6) is 0 Å². The van der Waals surface area contributed by atoms with E-state index in [0.29, 0.717) is 19.6 Å². The molecule has 0 spiro atoms. The molecule has 0 amide bonds. The van der Waals surface area contributed by atoms with E-state index in [4.69, 9.17) is 9.47 Å². The number of rotatable bonds is 48. The summed E-state index contributed by atoms with van der Waals surface area (Å²) in [5.74, 6) is -0.197. The second kappa shape index (κ2) is 50.8. The highest BCUT2D eigenvalue weighted by Crippen LogP contribution is 2.16. The summed E-state index contributed by atoms with van der Waals surface area (Å²) in [7, 11) is 0. The Morgan fingerprint density at radius 2 is 0.737 bits per heavy atom. The van der Waals surface area contributed by atoms with Gasteiger partial charge in [0.2, 0.25) is 0 Å². The van der Waals surface area contributed by atoms with E-state index in [9.17, 15) is 9.90 Å². The van der Waals surface area contributed by atoms with Gasteiger partial charge in [-0.2, -0.15) is 0 Å². The lowest BCUT2D eigenvalue weighted by atomic mass is 10.0. The molecule has 0 aliphatic carbocycles. The monoisotopic (exact) mass is 801 g/mol. The summed E-state index contributed by atoms with van der Waals surface area (Å²) in [6.45, 7) is 5.37. The van der Waals surface area contributed by atoms with Crippen molar-refractivity contribution < 1.29 is 19.4 Å². The first-order valence-electron chi connectivity index (χ1n) is 25.6. The van der Waals surface area contributed by atoms with Crippen LogP contribution >= 0.6 is 0 Å². The molecule has 0 saturated carbocycles. The highest BCUT2D eigenvalue weighted by molar-refractivity contribution is 5.69. The van der Waals surface area contributed by atoms with Crippen molar-refractivity contribution in [2.45, 2.75) is 277 Å². The minimum Gasteiger partial charge on any atom is -0.457 e. The van der Waals surface area contributed by atoms with Gasteiger partial charge in [-0.15, -0.1) is 0 Å². The van der Waals surface area contributed by atoms with E-state index in [1.165, 1.54) is 218 Å². The lowest BCUT2D eigenvalue weighted by molar-refractivity contribution is -0.154. The topological polar surface area (TPSA) is 55.8 Å². The zero-order chi connectivity index (χ0) is 41.2. The Bertz CT molecular complexity index is 848. The Morgan fingerprint density at radius 1 is 0.421 bits per heavy atom. The third-order valence-electron chi connectivity index (χ3n) is 11.5. The van der Waals surface area contributed by atoms with Crippen LogP contribution in [0.4, 0.5) is 0 Å². The van der Waals surface area contributed by atoms with Gasteiger partial charge in [-0.3, -0.25) is 4.79 Å². The maximum Gasteiger partial charge on any atom is 0.306 e. The molecule has 0 bridgehead atoms. The lowest BCUT2D eigenvalue weighted by Crippen LogP contribution is -2.27. The third-order valence-corrected chi connectivity index (χ3v) is 11.5. The number of ether oxygens (including phenoxy) is 2. The summed E-state index contributed by atoms with van der Waals surface area (Å²) in [6.07, 6.45) is 65.2. The largest absolute Gasteiger partial charge is 0.457 e. The maximum atomic E-state index is 12.3. The fourth-order valence-electron chi connectivity index (χ4n) is 7.63. The summed E-state index contributed by atoms with van der Waals surface area (Å²) in [4.78, 5) is 12.3. The van der Waals surface area contributed by atoms with Gasteiger partial charge in [-0.25, -0.2) is 0 Å². The molecule has 0 heterocycles. The number of carbonyl (C=O) groups is 1. The highest BCUT2D eigenvalue weighted by atomic mass is 16.6. The standard InChI is InChI=1S/C53H100O4/c1-3-5-7-9-11-13-15-17-19-21-23-25-26-27-29-31-33-35-37-39-41-43-45-47-49-56-51-52(50-54)57-53(55)48-46-44-42-40-38-36-34-32-30-28-24-22-20-18-16-14-12-10-8-6-4-2/h15,17,21,23,26-27,52,54H,3-14,16,18-20,22,24-25,28-51H2,1-2H3/b17-15-,23-21-,27-26-. The first kappa shape index (κ1) is 55.6. The van der Waals surface area contributed by atoms with Crippen molar-refractivity contribution >= 4 is 5.97 Å². The number of esters is 1. The molecule has 0 aromatic rings. The number of unbranched alkanes of at least 4 members (excludes halogenated alkanes) is 34. The van der Waals surface area contributed by atoms with Crippen LogP contribution in [0.25, 0.3) is 0 Å². The number of aliphatic hydroxyl groups excluding tert-OH is 1. The predicted molar refractivity (Wildman–Crippen MR) is 251 cm³/mol. The van der Waals surface area contributed by atoms with Crippen LogP contribution in [-0.4, -0.2) is 37.0 Å². The Hall–Kier alpha value is -1.39. The van der Waals surface area contributed by atoms with Crippen LogP contribution in [0.15, 0.2) is 36.5 Å². The summed E-state index contributed by atoms with van der Waals surface area (Å²) >= 11 is 0. The molecule has 0 radical (unpaired) electrons. The molecule has 0 rings (SSSR count). The molecule has 1 unspecified atom stereocenters. The smallest absolute Gasteiger partial charge is 0.306 e. The number of aliphatic hydroxyl groups is 1. The second-order valence-corrected chi connectivity index (χ2v) is 17.2. The normalized spacial score (nSPS) is 12.5. The van der Waals surface area contributed by atoms with Crippen molar-refractivity contribution in [2.75, 3.05) is 19.8 Å². The van der Waals surface area contributed by atoms with Crippen molar-refractivity contribution in [1.82, 2.24) is 0 Å². The van der Waals surface area contributed by atoms with Gasteiger partial charge < -0.3 is 14.6 Å². The first-order valence-corrected chi connectivity index (χ1v) is 25.6. The van der Waals surface area contributed by atoms with Crippen LogP contribution in [0.2, 0.25) is 0 Å². The van der Waals surface area contributed by atoms with Crippen molar-refractivity contribution in [3.63, 3.8) is 0 Å². The molecule has 4 heteroatoms. The maximum absolute atomic E-state index is 12.3. The number of hydrogen-bond donors (Lipinski definition) is 1. The summed E-state index contributed by atoms with van der Waals surface area (Å²) in [5, 5.41) is 9.65. The SMILES string of the molecule is CCCCCCC/C=C\C/C=C\C/C=C\CCCCCCCCCCCOCC(CO)OC(=O)CCCCCCCCCCCCCCCCCCCCCCC. The zero-order valence-electron chi connectivity index (χ0n) is 38.6. The van der Waals surface area contributed by atoms with Crippen molar-refractivity contribution in [3.8, 4) is 0 Å². The molecule has 0 aliphatic rings. The minimum absolute atomic E-state index is 0.171. The van der Waals surface area contributed by atoms with E-state index in [2.05, 4.69) is 50.3 Å². The molecule has 57 heavy (non-hydrogen) atoms. The van der Waals surface area contributed by atoms with E-state index in [-0.39, 0.29) is 12.6 Å². The summed E-state index contributed by atoms with van der Waals surface area (Å²) in [5.41, 5.74) is 0. The van der Waals surface area contributed by atoms with Crippen LogP contribution in [0, 0.1) is 0 Å². The summed E-state index contributed by atoms with van der Waals surface area (Å²) < 4.78 is 11.2. The lowest BCUT2D eigenvalue weighted by Gasteiger charge is -2.16. The van der Waals surface area contributed by atoms with Gasteiger partial charge in [0.1, 0.15) is 6.10 Å². The molecule has 0 aromatic carbocycles. The van der Waals surface area contributed by atoms with Crippen LogP contribution in [-0.2, 0) is 14.3 Å². The molecular formula is C53H100O4. The third kappa shape index (κ3) is 48.9. The molecular weight excluding hydrogens is 701 g/mol. The van der Waals surface area contributed by atoms with Gasteiger partial charge in [0.25, 0.3) is 0 Å². The van der Waals surface area contributed by atoms with E-state index in [1.807, 2.05) is 0 Å². The number of hydrogen-bond acceptors (Lipinski definition) is 4. The fraction of sp³-hybridized carbons (Fsp3) is 0.868. The molecule has 4 nitrogen and oxygen atoms in total. The van der Waals surface area contributed by atoms with Gasteiger partial charge in [-0.05, 0) is 51.4 Å².